The van der Waals surface area contributed by atoms with E-state index in [4.69, 9.17) is 39.6 Å². The molecule has 27 heteroatoms. The molecule has 4 aromatic rings. The van der Waals surface area contributed by atoms with E-state index in [1.807, 2.05) is 41.3 Å². The minimum atomic E-state index is -5.08. The van der Waals surface area contributed by atoms with Crippen LogP contribution in [0.1, 0.15) is 17.3 Å². The Kier molecular flexibility index (Phi) is 17.8. The molecule has 4 aromatic heterocycles. The van der Waals surface area contributed by atoms with E-state index >= 15 is 0 Å². The highest BCUT2D eigenvalue weighted by Crippen LogP contribution is 2.28. The van der Waals surface area contributed by atoms with E-state index in [2.05, 4.69) is 55.3 Å². The summed E-state index contributed by atoms with van der Waals surface area (Å²) in [5, 5.41) is 37.5. The number of carboxylic acid groups (broad SMARTS) is 4. The van der Waals surface area contributed by atoms with Crippen molar-refractivity contribution in [3.05, 3.63) is 78.6 Å². The van der Waals surface area contributed by atoms with Crippen LogP contribution in [0.15, 0.2) is 67.4 Å². The third kappa shape index (κ3) is 17.5. The highest BCUT2D eigenvalue weighted by atomic mass is 19.4. The number of fused-ring (bicyclic) bond motifs is 1. The molecule has 1 aliphatic rings. The van der Waals surface area contributed by atoms with Gasteiger partial charge in [-0.25, -0.2) is 23.7 Å². The number of hydrogen-bond donors (Lipinski definition) is 4. The van der Waals surface area contributed by atoms with E-state index in [0.717, 1.165) is 48.5 Å². The first-order valence-electron chi connectivity index (χ1n) is 14.8. The molecule has 1 fully saturated rings. The van der Waals surface area contributed by atoms with Gasteiger partial charge >= 0.3 is 48.6 Å². The third-order valence-corrected chi connectivity index (χ3v) is 6.60. The molecule has 314 valence electrons. The van der Waals surface area contributed by atoms with Crippen molar-refractivity contribution >= 4 is 29.4 Å². The highest BCUT2D eigenvalue weighted by Gasteiger charge is 2.40. The van der Waals surface area contributed by atoms with Gasteiger partial charge in [-0.3, -0.25) is 19.8 Å². The van der Waals surface area contributed by atoms with Crippen molar-refractivity contribution in [1.29, 1.82) is 0 Å². The van der Waals surface area contributed by atoms with Crippen LogP contribution in [0, 0.1) is 0 Å². The number of carbonyl (C=O) groups is 4. The number of rotatable bonds is 4. The van der Waals surface area contributed by atoms with Gasteiger partial charge in [0.15, 0.2) is 0 Å². The Morgan fingerprint density at radius 2 is 1.14 bits per heavy atom. The number of alkyl halides is 12. The Morgan fingerprint density at radius 1 is 0.667 bits per heavy atom. The second kappa shape index (κ2) is 20.7. The van der Waals surface area contributed by atoms with Crippen molar-refractivity contribution in [1.82, 2.24) is 34.6 Å². The molecule has 0 spiro atoms. The lowest BCUT2D eigenvalue weighted by Crippen LogP contribution is -2.46. The smallest absolute Gasteiger partial charge is 0.475 e. The minimum absolute atomic E-state index is 0.213. The number of hydrogen-bond acceptors (Lipinski definition) is 10. The van der Waals surface area contributed by atoms with Crippen LogP contribution in [0.2, 0.25) is 0 Å². The van der Waals surface area contributed by atoms with Gasteiger partial charge in [0, 0.05) is 62.7 Å². The van der Waals surface area contributed by atoms with E-state index in [1.165, 1.54) is 5.56 Å². The summed E-state index contributed by atoms with van der Waals surface area (Å²) < 4.78 is 129. The summed E-state index contributed by atoms with van der Waals surface area (Å²) in [7, 11) is 2.17. The Hall–Kier alpha value is -6.12. The summed E-state index contributed by atoms with van der Waals surface area (Å²) >= 11 is 0. The average molecular weight is 842 g/mol. The molecule has 1 unspecified atom stereocenters. The van der Waals surface area contributed by atoms with Crippen LogP contribution in [0.4, 0.5) is 52.7 Å². The SMILES string of the molecule is CN1CCN(Cc2cccnc2)CC1c1nnn2cc(-c3ccncc3)ccc12.O=C(O)C(F)(F)F.O=C(O)C(F)(F)F.O=C(O)C(F)(F)F.O=C(O)C(F)(F)F. The van der Waals surface area contributed by atoms with Gasteiger partial charge in [-0.2, -0.15) is 52.7 Å². The molecule has 15 nitrogen and oxygen atoms in total. The predicted molar refractivity (Wildman–Crippen MR) is 166 cm³/mol. The fourth-order valence-electron chi connectivity index (χ4n) is 3.99. The summed E-state index contributed by atoms with van der Waals surface area (Å²) in [6.07, 6.45) is -10.9. The summed E-state index contributed by atoms with van der Waals surface area (Å²) in [5.41, 5.74) is 5.56. The molecule has 0 radical (unpaired) electrons. The summed E-state index contributed by atoms with van der Waals surface area (Å²) in [6.45, 7) is 3.86. The Balaban J connectivity index is 0.000000473. The standard InChI is InChI=1S/C22H23N7.4C2HF3O2/c1-27-11-12-28(14-17-3-2-8-24-13-17)16-21(27)22-20-5-4-19(15-29(20)26-25-22)18-6-9-23-10-7-18;4*3-2(4,5)1(6)7/h2-10,13,15,21H,11-12,14,16H2,1H3;4*(H,6,7). The first-order chi connectivity index (χ1) is 26.0. The van der Waals surface area contributed by atoms with Crippen LogP contribution >= 0.6 is 0 Å². The fourth-order valence-corrected chi connectivity index (χ4v) is 3.99. The number of carboxylic acids is 4. The molecule has 0 amide bonds. The maximum absolute atomic E-state index is 10.6. The van der Waals surface area contributed by atoms with E-state index in [-0.39, 0.29) is 6.04 Å². The number of halogens is 12. The maximum atomic E-state index is 10.6. The zero-order valence-corrected chi connectivity index (χ0v) is 28.3. The number of likely N-dealkylation sites (N-methyl/N-ethyl adjacent to an activating group) is 1. The van der Waals surface area contributed by atoms with Gasteiger partial charge < -0.3 is 20.4 Å². The van der Waals surface area contributed by atoms with Crippen molar-refractivity contribution in [2.75, 3.05) is 26.7 Å². The van der Waals surface area contributed by atoms with E-state index in [1.54, 1.807) is 12.4 Å². The van der Waals surface area contributed by atoms with Gasteiger partial charge in [-0.05, 0) is 42.4 Å². The molecule has 1 atom stereocenters. The number of piperazine rings is 1. The molecular formula is C30H27F12N7O8. The summed E-state index contributed by atoms with van der Waals surface area (Å²) in [4.78, 5) is 48.8. The van der Waals surface area contributed by atoms with Crippen LogP contribution < -0.4 is 0 Å². The van der Waals surface area contributed by atoms with Crippen LogP contribution in [0.25, 0.3) is 16.6 Å². The van der Waals surface area contributed by atoms with Gasteiger partial charge in [-0.1, -0.05) is 17.3 Å². The molecule has 0 bridgehead atoms. The van der Waals surface area contributed by atoms with Crippen molar-refractivity contribution in [2.45, 2.75) is 37.3 Å². The van der Waals surface area contributed by atoms with E-state index < -0.39 is 48.6 Å². The van der Waals surface area contributed by atoms with Crippen molar-refractivity contribution < 1.29 is 92.3 Å². The highest BCUT2D eigenvalue weighted by molar-refractivity contribution is 5.74. The van der Waals surface area contributed by atoms with Crippen LogP contribution in [-0.4, -0.2) is 130 Å². The first-order valence-corrected chi connectivity index (χ1v) is 14.8. The molecule has 1 saturated heterocycles. The molecule has 1 aliphatic heterocycles. The molecular weight excluding hydrogens is 814 g/mol. The molecule has 57 heavy (non-hydrogen) atoms. The monoisotopic (exact) mass is 841 g/mol. The summed E-state index contributed by atoms with van der Waals surface area (Å²) in [5.74, 6) is -11.0. The zero-order valence-electron chi connectivity index (χ0n) is 28.3. The predicted octanol–water partition coefficient (Wildman–Crippen LogP) is 5.21. The van der Waals surface area contributed by atoms with Crippen molar-refractivity contribution in [3.8, 4) is 11.1 Å². The normalized spacial score (nSPS) is 14.9. The number of aliphatic carboxylic acids is 4. The van der Waals surface area contributed by atoms with Crippen LogP contribution in [0.3, 0.4) is 0 Å². The van der Waals surface area contributed by atoms with Crippen LogP contribution in [-0.2, 0) is 25.7 Å². The van der Waals surface area contributed by atoms with Gasteiger partial charge in [0.2, 0.25) is 0 Å². The molecule has 4 N–H and O–H groups in total. The quantitative estimate of drug-likeness (QED) is 0.195. The largest absolute Gasteiger partial charge is 0.490 e. The van der Waals surface area contributed by atoms with Gasteiger partial charge in [0.1, 0.15) is 5.69 Å². The van der Waals surface area contributed by atoms with Gasteiger partial charge in [-0.15, -0.1) is 5.10 Å². The minimum Gasteiger partial charge on any atom is -0.475 e. The topological polar surface area (TPSA) is 212 Å². The Bertz CT molecular complexity index is 1810. The fraction of sp³-hybridized carbons (Fsp3) is 0.333. The number of nitrogens with zero attached hydrogens (tertiary/aromatic N) is 7. The third-order valence-electron chi connectivity index (χ3n) is 6.60. The lowest BCUT2D eigenvalue weighted by atomic mass is 10.1. The van der Waals surface area contributed by atoms with Gasteiger partial charge in [0.05, 0.1) is 11.6 Å². The molecule has 5 heterocycles. The number of aromatic nitrogens is 5. The summed E-state index contributed by atoms with van der Waals surface area (Å²) in [6, 6.07) is 12.6. The maximum Gasteiger partial charge on any atom is 0.490 e. The lowest BCUT2D eigenvalue weighted by Gasteiger charge is -2.38. The molecule has 0 saturated carbocycles. The average Bonchev–Trinajstić information content (AvgIpc) is 3.52. The lowest BCUT2D eigenvalue weighted by molar-refractivity contribution is -0.193. The van der Waals surface area contributed by atoms with Crippen molar-refractivity contribution in [3.63, 3.8) is 0 Å². The second-order valence-electron chi connectivity index (χ2n) is 10.8. The molecule has 0 aromatic carbocycles. The van der Waals surface area contributed by atoms with Crippen LogP contribution in [0.5, 0.6) is 0 Å². The first kappa shape index (κ1) is 48.9. The molecule has 0 aliphatic carbocycles. The Labute approximate surface area is 310 Å². The van der Waals surface area contributed by atoms with Crippen molar-refractivity contribution in [2.24, 2.45) is 0 Å². The molecule has 5 rings (SSSR count). The van der Waals surface area contributed by atoms with Gasteiger partial charge in [0.25, 0.3) is 0 Å². The van der Waals surface area contributed by atoms with E-state index in [0.29, 0.717) is 0 Å². The zero-order chi connectivity index (χ0) is 43.9. The second-order valence-corrected chi connectivity index (χ2v) is 10.8. The van der Waals surface area contributed by atoms with E-state index in [9.17, 15) is 52.7 Å². The Morgan fingerprint density at radius 3 is 1.56 bits per heavy atom. The number of pyridine rings is 3.